The second-order valence-corrected chi connectivity index (χ2v) is 4.32. The summed E-state index contributed by atoms with van der Waals surface area (Å²) in [6.07, 6.45) is 7.85. The van der Waals surface area contributed by atoms with E-state index in [2.05, 4.69) is 12.2 Å². The minimum Gasteiger partial charge on any atom is -0.356 e. The van der Waals surface area contributed by atoms with Crippen LogP contribution in [0.15, 0.2) is 0 Å². The van der Waals surface area contributed by atoms with Gasteiger partial charge in [0.15, 0.2) is 0 Å². The number of carbonyl (C=O) groups is 1. The van der Waals surface area contributed by atoms with Crippen molar-refractivity contribution in [2.75, 3.05) is 6.54 Å². The zero-order chi connectivity index (χ0) is 9.73. The van der Waals surface area contributed by atoms with Gasteiger partial charge in [-0.2, -0.15) is 0 Å². The summed E-state index contributed by atoms with van der Waals surface area (Å²) in [6.45, 7) is 4.73. The average molecular weight is 183 g/mol. The van der Waals surface area contributed by atoms with Crippen molar-refractivity contribution in [2.24, 2.45) is 5.41 Å². The molecule has 1 aliphatic rings. The van der Waals surface area contributed by atoms with E-state index in [-0.39, 0.29) is 5.91 Å². The van der Waals surface area contributed by atoms with Crippen molar-refractivity contribution in [3.05, 3.63) is 0 Å². The number of rotatable bonds is 3. The largest absolute Gasteiger partial charge is 0.356 e. The highest BCUT2D eigenvalue weighted by molar-refractivity contribution is 5.72. The van der Waals surface area contributed by atoms with Crippen molar-refractivity contribution in [1.29, 1.82) is 0 Å². The van der Waals surface area contributed by atoms with Crippen molar-refractivity contribution >= 4 is 5.91 Å². The zero-order valence-corrected chi connectivity index (χ0v) is 8.86. The SMILES string of the molecule is CCC1(CNC(C)=O)CCCCC1. The molecule has 2 nitrogen and oxygen atoms in total. The molecular formula is C11H21NO. The first kappa shape index (κ1) is 10.6. The first-order chi connectivity index (χ1) is 6.18. The molecular weight excluding hydrogens is 162 g/mol. The van der Waals surface area contributed by atoms with Crippen molar-refractivity contribution < 1.29 is 4.79 Å². The van der Waals surface area contributed by atoms with Crippen molar-refractivity contribution in [3.63, 3.8) is 0 Å². The summed E-state index contributed by atoms with van der Waals surface area (Å²) in [7, 11) is 0. The van der Waals surface area contributed by atoms with Gasteiger partial charge in [0.2, 0.25) is 5.91 Å². The van der Waals surface area contributed by atoms with Crippen LogP contribution in [-0.4, -0.2) is 12.5 Å². The van der Waals surface area contributed by atoms with Gasteiger partial charge in [-0.1, -0.05) is 26.2 Å². The number of hydrogen-bond donors (Lipinski definition) is 1. The topological polar surface area (TPSA) is 29.1 Å². The normalized spacial score (nSPS) is 21.1. The van der Waals surface area contributed by atoms with E-state index in [9.17, 15) is 4.79 Å². The summed E-state index contributed by atoms with van der Waals surface area (Å²) >= 11 is 0. The highest BCUT2D eigenvalue weighted by Crippen LogP contribution is 2.38. The molecule has 0 radical (unpaired) electrons. The minimum absolute atomic E-state index is 0.110. The monoisotopic (exact) mass is 183 g/mol. The molecule has 2 heteroatoms. The van der Waals surface area contributed by atoms with Gasteiger partial charge in [0.05, 0.1) is 0 Å². The van der Waals surface area contributed by atoms with Gasteiger partial charge < -0.3 is 5.32 Å². The maximum Gasteiger partial charge on any atom is 0.216 e. The van der Waals surface area contributed by atoms with E-state index >= 15 is 0 Å². The van der Waals surface area contributed by atoms with E-state index in [1.54, 1.807) is 6.92 Å². The summed E-state index contributed by atoms with van der Waals surface area (Å²) in [5.74, 6) is 0.110. The highest BCUT2D eigenvalue weighted by Gasteiger charge is 2.29. The quantitative estimate of drug-likeness (QED) is 0.715. The second kappa shape index (κ2) is 4.64. The van der Waals surface area contributed by atoms with Gasteiger partial charge in [0, 0.05) is 13.5 Å². The Morgan fingerprint density at radius 3 is 2.38 bits per heavy atom. The minimum atomic E-state index is 0.110. The summed E-state index contributed by atoms with van der Waals surface area (Å²) in [5, 5.41) is 2.97. The molecule has 0 aromatic rings. The maximum absolute atomic E-state index is 10.8. The van der Waals surface area contributed by atoms with Crippen LogP contribution in [0.3, 0.4) is 0 Å². The fourth-order valence-corrected chi connectivity index (χ4v) is 2.27. The molecule has 1 N–H and O–H groups in total. The average Bonchev–Trinajstić information content (AvgIpc) is 2.16. The Kier molecular flexibility index (Phi) is 3.76. The Bertz CT molecular complexity index is 171. The molecule has 1 amide bonds. The molecule has 0 aliphatic heterocycles. The van der Waals surface area contributed by atoms with Crippen LogP contribution in [0.4, 0.5) is 0 Å². The summed E-state index contributed by atoms with van der Waals surface area (Å²) in [5.41, 5.74) is 0.421. The van der Waals surface area contributed by atoms with Gasteiger partial charge in [-0.3, -0.25) is 4.79 Å². The summed E-state index contributed by atoms with van der Waals surface area (Å²) in [4.78, 5) is 10.8. The van der Waals surface area contributed by atoms with E-state index in [1.807, 2.05) is 0 Å². The highest BCUT2D eigenvalue weighted by atomic mass is 16.1. The molecule has 0 heterocycles. The molecule has 0 unspecified atom stereocenters. The molecule has 1 saturated carbocycles. The first-order valence-corrected chi connectivity index (χ1v) is 5.43. The van der Waals surface area contributed by atoms with Crippen LogP contribution >= 0.6 is 0 Å². The third kappa shape index (κ3) is 3.02. The van der Waals surface area contributed by atoms with E-state index in [4.69, 9.17) is 0 Å². The van der Waals surface area contributed by atoms with Crippen LogP contribution < -0.4 is 5.32 Å². The van der Waals surface area contributed by atoms with E-state index in [1.165, 1.54) is 38.5 Å². The van der Waals surface area contributed by atoms with Gasteiger partial charge >= 0.3 is 0 Å². The lowest BCUT2D eigenvalue weighted by Gasteiger charge is -2.36. The second-order valence-electron chi connectivity index (χ2n) is 4.32. The molecule has 0 atom stereocenters. The molecule has 1 aliphatic carbocycles. The van der Waals surface area contributed by atoms with Crippen LogP contribution in [0.25, 0.3) is 0 Å². The molecule has 0 bridgehead atoms. The van der Waals surface area contributed by atoms with E-state index in [0.29, 0.717) is 5.41 Å². The molecule has 76 valence electrons. The summed E-state index contributed by atoms with van der Waals surface area (Å²) < 4.78 is 0. The van der Waals surface area contributed by atoms with Gasteiger partial charge in [0.25, 0.3) is 0 Å². The lowest BCUT2D eigenvalue weighted by Crippen LogP contribution is -2.37. The molecule has 13 heavy (non-hydrogen) atoms. The Hall–Kier alpha value is -0.530. The van der Waals surface area contributed by atoms with Crippen LogP contribution in [-0.2, 0) is 4.79 Å². The Balaban J connectivity index is 2.42. The fourth-order valence-electron chi connectivity index (χ4n) is 2.27. The van der Waals surface area contributed by atoms with Crippen molar-refractivity contribution in [2.45, 2.75) is 52.4 Å². The van der Waals surface area contributed by atoms with Gasteiger partial charge in [0.1, 0.15) is 0 Å². The van der Waals surface area contributed by atoms with Crippen molar-refractivity contribution in [1.82, 2.24) is 5.32 Å². The Morgan fingerprint density at radius 1 is 1.31 bits per heavy atom. The molecule has 0 aromatic heterocycles. The number of carbonyl (C=O) groups excluding carboxylic acids is 1. The lowest BCUT2D eigenvalue weighted by atomic mass is 9.72. The third-order valence-electron chi connectivity index (χ3n) is 3.38. The molecule has 1 rings (SSSR count). The smallest absolute Gasteiger partial charge is 0.216 e. The van der Waals surface area contributed by atoms with Crippen LogP contribution in [0.2, 0.25) is 0 Å². The van der Waals surface area contributed by atoms with E-state index in [0.717, 1.165) is 6.54 Å². The fraction of sp³-hybridized carbons (Fsp3) is 0.909. The van der Waals surface area contributed by atoms with Crippen LogP contribution in [0.5, 0.6) is 0 Å². The van der Waals surface area contributed by atoms with Gasteiger partial charge in [-0.25, -0.2) is 0 Å². The molecule has 1 fully saturated rings. The molecule has 0 saturated heterocycles. The van der Waals surface area contributed by atoms with Crippen LogP contribution in [0, 0.1) is 5.41 Å². The predicted molar refractivity (Wildman–Crippen MR) is 54.5 cm³/mol. The lowest BCUT2D eigenvalue weighted by molar-refractivity contribution is -0.119. The predicted octanol–water partition coefficient (Wildman–Crippen LogP) is 2.48. The Labute approximate surface area is 81.1 Å². The zero-order valence-electron chi connectivity index (χ0n) is 8.86. The molecule has 0 aromatic carbocycles. The molecule has 0 spiro atoms. The standard InChI is InChI=1S/C11H21NO/c1-3-11(9-12-10(2)13)7-5-4-6-8-11/h3-9H2,1-2H3,(H,12,13). The van der Waals surface area contributed by atoms with E-state index < -0.39 is 0 Å². The van der Waals surface area contributed by atoms with Crippen molar-refractivity contribution in [3.8, 4) is 0 Å². The Morgan fingerprint density at radius 2 is 1.92 bits per heavy atom. The summed E-state index contributed by atoms with van der Waals surface area (Å²) in [6, 6.07) is 0. The van der Waals surface area contributed by atoms with Crippen LogP contribution in [0.1, 0.15) is 52.4 Å². The number of hydrogen-bond acceptors (Lipinski definition) is 1. The van der Waals surface area contributed by atoms with Gasteiger partial charge in [-0.15, -0.1) is 0 Å². The first-order valence-electron chi connectivity index (χ1n) is 5.43. The number of nitrogens with one attached hydrogen (secondary N) is 1. The maximum atomic E-state index is 10.8. The van der Waals surface area contributed by atoms with Gasteiger partial charge in [-0.05, 0) is 24.7 Å². The third-order valence-corrected chi connectivity index (χ3v) is 3.38. The number of amides is 1.